The third-order valence-electron chi connectivity index (χ3n) is 2.44. The molecule has 1 N–H and O–H groups in total. The number of anilines is 1. The van der Waals surface area contributed by atoms with Gasteiger partial charge in [0.05, 0.1) is 36.5 Å². The van der Waals surface area contributed by atoms with Crippen LogP contribution in [0, 0.1) is 12.7 Å². The summed E-state index contributed by atoms with van der Waals surface area (Å²) in [5.74, 6) is -0.341. The quantitative estimate of drug-likeness (QED) is 0.858. The van der Waals surface area contributed by atoms with Gasteiger partial charge in [0.1, 0.15) is 5.82 Å². The van der Waals surface area contributed by atoms with Crippen LogP contribution in [0.15, 0.2) is 24.7 Å². The molecule has 4 nitrogen and oxygen atoms in total. The molecule has 0 fully saturated rings. The van der Waals surface area contributed by atoms with E-state index in [9.17, 15) is 4.39 Å². The van der Waals surface area contributed by atoms with E-state index in [0.717, 1.165) is 11.3 Å². The number of rotatable bonds is 3. The Morgan fingerprint density at radius 1 is 1.38 bits per heavy atom. The van der Waals surface area contributed by atoms with Crippen molar-refractivity contribution in [2.24, 2.45) is 7.05 Å². The molecule has 16 heavy (non-hydrogen) atoms. The van der Waals surface area contributed by atoms with E-state index in [-0.39, 0.29) is 5.82 Å². The van der Waals surface area contributed by atoms with Crippen molar-refractivity contribution in [3.05, 3.63) is 41.7 Å². The maximum atomic E-state index is 12.9. The van der Waals surface area contributed by atoms with E-state index >= 15 is 0 Å². The molecular weight excluding hydrogens is 207 g/mol. The van der Waals surface area contributed by atoms with Gasteiger partial charge in [-0.25, -0.2) is 4.39 Å². The van der Waals surface area contributed by atoms with E-state index < -0.39 is 0 Å². The van der Waals surface area contributed by atoms with Crippen molar-refractivity contribution in [2.45, 2.75) is 13.5 Å². The van der Waals surface area contributed by atoms with Gasteiger partial charge in [0, 0.05) is 13.1 Å². The first-order chi connectivity index (χ1) is 7.66. The molecule has 2 aromatic rings. The molecule has 84 valence electrons. The van der Waals surface area contributed by atoms with Crippen molar-refractivity contribution in [2.75, 3.05) is 5.32 Å². The minimum Gasteiger partial charge on any atom is -0.378 e. The summed E-state index contributed by atoms with van der Waals surface area (Å²) in [7, 11) is 1.88. The van der Waals surface area contributed by atoms with Crippen LogP contribution in [-0.4, -0.2) is 14.8 Å². The maximum absolute atomic E-state index is 12.9. The van der Waals surface area contributed by atoms with Crippen LogP contribution in [0.3, 0.4) is 0 Å². The number of pyridine rings is 1. The van der Waals surface area contributed by atoms with Gasteiger partial charge in [-0.05, 0) is 12.5 Å². The molecule has 2 heterocycles. The summed E-state index contributed by atoms with van der Waals surface area (Å²) in [6.07, 6.45) is 4.58. The second kappa shape index (κ2) is 4.30. The molecule has 2 aromatic heterocycles. The molecule has 0 spiro atoms. The van der Waals surface area contributed by atoms with E-state index in [1.165, 1.54) is 12.3 Å². The Labute approximate surface area is 93.1 Å². The van der Waals surface area contributed by atoms with Crippen molar-refractivity contribution in [3.63, 3.8) is 0 Å². The maximum Gasteiger partial charge on any atom is 0.143 e. The van der Waals surface area contributed by atoms with Gasteiger partial charge in [-0.15, -0.1) is 0 Å². The summed E-state index contributed by atoms with van der Waals surface area (Å²) in [6.45, 7) is 2.60. The van der Waals surface area contributed by atoms with Crippen molar-refractivity contribution in [3.8, 4) is 0 Å². The number of nitrogens with zero attached hydrogens (tertiary/aromatic N) is 3. The Morgan fingerprint density at radius 2 is 2.19 bits per heavy atom. The lowest BCUT2D eigenvalue weighted by Gasteiger charge is -2.07. The number of nitrogens with one attached hydrogen (secondary N) is 1. The summed E-state index contributed by atoms with van der Waals surface area (Å²) in [5, 5.41) is 7.24. The standard InChI is InChI=1S/C11H13FN4/c1-8-4-15-16(2)11(8)7-14-10-3-9(12)5-13-6-10/h3-6,14H,7H2,1-2H3. The SMILES string of the molecule is Cc1cnn(C)c1CNc1cncc(F)c1. The fourth-order valence-corrected chi connectivity index (χ4v) is 1.52. The van der Waals surface area contributed by atoms with E-state index in [4.69, 9.17) is 0 Å². The van der Waals surface area contributed by atoms with Gasteiger partial charge in [-0.2, -0.15) is 5.10 Å². The predicted molar refractivity (Wildman–Crippen MR) is 59.5 cm³/mol. The molecule has 0 radical (unpaired) electrons. The fourth-order valence-electron chi connectivity index (χ4n) is 1.52. The van der Waals surface area contributed by atoms with Crippen molar-refractivity contribution in [1.82, 2.24) is 14.8 Å². The van der Waals surface area contributed by atoms with E-state index in [1.54, 1.807) is 17.1 Å². The number of hydrogen-bond donors (Lipinski definition) is 1. The summed E-state index contributed by atoms with van der Waals surface area (Å²) >= 11 is 0. The average Bonchev–Trinajstić information content (AvgIpc) is 2.56. The molecule has 0 saturated heterocycles. The Hall–Kier alpha value is -1.91. The second-order valence-corrected chi connectivity index (χ2v) is 3.64. The summed E-state index contributed by atoms with van der Waals surface area (Å²) < 4.78 is 14.7. The summed E-state index contributed by atoms with van der Waals surface area (Å²) in [4.78, 5) is 3.77. The first-order valence-corrected chi connectivity index (χ1v) is 4.98. The number of aromatic nitrogens is 3. The lowest BCUT2D eigenvalue weighted by atomic mass is 10.2. The van der Waals surface area contributed by atoms with Crippen LogP contribution < -0.4 is 5.32 Å². The van der Waals surface area contributed by atoms with Crippen LogP contribution in [0.1, 0.15) is 11.3 Å². The fraction of sp³-hybridized carbons (Fsp3) is 0.273. The predicted octanol–water partition coefficient (Wildman–Crippen LogP) is 1.87. The minimum atomic E-state index is -0.341. The molecule has 0 aliphatic rings. The van der Waals surface area contributed by atoms with Crippen LogP contribution in [0.2, 0.25) is 0 Å². The van der Waals surface area contributed by atoms with Crippen molar-refractivity contribution in [1.29, 1.82) is 0 Å². The number of hydrogen-bond acceptors (Lipinski definition) is 3. The Morgan fingerprint density at radius 3 is 2.81 bits per heavy atom. The Balaban J connectivity index is 2.08. The molecule has 0 aromatic carbocycles. The lowest BCUT2D eigenvalue weighted by Crippen LogP contribution is -2.07. The van der Waals surface area contributed by atoms with Gasteiger partial charge in [0.25, 0.3) is 0 Å². The Kier molecular flexibility index (Phi) is 2.85. The third kappa shape index (κ3) is 2.18. The van der Waals surface area contributed by atoms with Gasteiger partial charge in [0.2, 0.25) is 0 Å². The zero-order valence-corrected chi connectivity index (χ0v) is 9.24. The molecule has 0 unspecified atom stereocenters. The highest BCUT2D eigenvalue weighted by Gasteiger charge is 2.04. The molecule has 0 saturated carbocycles. The highest BCUT2D eigenvalue weighted by atomic mass is 19.1. The topological polar surface area (TPSA) is 42.7 Å². The van der Waals surface area contributed by atoms with Crippen molar-refractivity contribution < 1.29 is 4.39 Å². The van der Waals surface area contributed by atoms with E-state index in [2.05, 4.69) is 15.4 Å². The van der Waals surface area contributed by atoms with Crippen LogP contribution in [0.25, 0.3) is 0 Å². The molecule has 0 bridgehead atoms. The Bertz CT molecular complexity index is 473. The first-order valence-electron chi connectivity index (χ1n) is 4.98. The van der Waals surface area contributed by atoms with Crippen molar-refractivity contribution >= 4 is 5.69 Å². The molecule has 0 amide bonds. The van der Waals surface area contributed by atoms with E-state index in [0.29, 0.717) is 12.2 Å². The normalized spacial score (nSPS) is 10.4. The van der Waals surface area contributed by atoms with Crippen LogP contribution in [0.4, 0.5) is 10.1 Å². The lowest BCUT2D eigenvalue weighted by molar-refractivity contribution is 0.621. The summed E-state index contributed by atoms with van der Waals surface area (Å²) in [5.41, 5.74) is 2.85. The highest BCUT2D eigenvalue weighted by molar-refractivity contribution is 5.41. The highest BCUT2D eigenvalue weighted by Crippen LogP contribution is 2.11. The minimum absolute atomic E-state index is 0.341. The van der Waals surface area contributed by atoms with Crippen LogP contribution in [0.5, 0.6) is 0 Å². The molecular formula is C11H13FN4. The van der Waals surface area contributed by atoms with Crippen LogP contribution >= 0.6 is 0 Å². The average molecular weight is 220 g/mol. The number of halogens is 1. The van der Waals surface area contributed by atoms with Gasteiger partial charge in [0.15, 0.2) is 0 Å². The molecule has 0 aliphatic carbocycles. The van der Waals surface area contributed by atoms with Crippen LogP contribution in [-0.2, 0) is 13.6 Å². The summed E-state index contributed by atoms with van der Waals surface area (Å²) in [6, 6.07) is 1.42. The van der Waals surface area contributed by atoms with Gasteiger partial charge < -0.3 is 5.32 Å². The zero-order valence-electron chi connectivity index (χ0n) is 9.24. The monoisotopic (exact) mass is 220 g/mol. The first kappa shape index (κ1) is 10.6. The zero-order chi connectivity index (χ0) is 11.5. The third-order valence-corrected chi connectivity index (χ3v) is 2.44. The van der Waals surface area contributed by atoms with Gasteiger partial charge in [-0.3, -0.25) is 9.67 Å². The molecule has 2 rings (SSSR count). The molecule has 0 aliphatic heterocycles. The van der Waals surface area contributed by atoms with E-state index in [1.807, 2.05) is 14.0 Å². The van der Waals surface area contributed by atoms with Gasteiger partial charge >= 0.3 is 0 Å². The molecule has 0 atom stereocenters. The van der Waals surface area contributed by atoms with Gasteiger partial charge in [-0.1, -0.05) is 0 Å². The number of aryl methyl sites for hydroxylation is 2. The second-order valence-electron chi connectivity index (χ2n) is 3.64. The molecule has 5 heteroatoms. The largest absolute Gasteiger partial charge is 0.378 e. The smallest absolute Gasteiger partial charge is 0.143 e.